The molecule has 154 valence electrons. The van der Waals surface area contributed by atoms with E-state index < -0.39 is 8.32 Å². The van der Waals surface area contributed by atoms with Crippen LogP contribution in [0.5, 0.6) is 5.75 Å². The molecule has 5 nitrogen and oxygen atoms in total. The summed E-state index contributed by atoms with van der Waals surface area (Å²) in [6.45, 7) is 11.0. The number of benzene rings is 2. The van der Waals surface area contributed by atoms with E-state index in [-0.39, 0.29) is 10.7 Å². The summed E-state index contributed by atoms with van der Waals surface area (Å²) in [6.07, 6.45) is 0. The zero-order chi connectivity index (χ0) is 21.6. The van der Waals surface area contributed by atoms with E-state index in [4.69, 9.17) is 16.0 Å². The first-order valence-electron chi connectivity index (χ1n) is 9.60. The maximum atomic E-state index is 13.0. The van der Waals surface area contributed by atoms with E-state index in [1.54, 1.807) is 10.6 Å². The molecule has 0 unspecified atom stereocenters. The van der Waals surface area contributed by atoms with E-state index in [0.717, 1.165) is 11.1 Å². The van der Waals surface area contributed by atoms with Crippen molar-refractivity contribution in [3.05, 3.63) is 58.0 Å². The van der Waals surface area contributed by atoms with Crippen LogP contribution in [0.15, 0.2) is 47.3 Å². The van der Waals surface area contributed by atoms with Crippen molar-refractivity contribution >= 4 is 36.6 Å². The normalized spacial score (nSPS) is 12.3. The average Bonchev–Trinajstić information content (AvgIpc) is 2.59. The van der Waals surface area contributed by atoms with E-state index >= 15 is 0 Å². The lowest BCUT2D eigenvalue weighted by atomic mass is 10.2. The van der Waals surface area contributed by atoms with Crippen molar-refractivity contribution in [3.8, 4) is 11.4 Å². The quantitative estimate of drug-likeness (QED) is 0.514. The number of aromatic nitrogens is 2. The molecule has 2 aromatic carbocycles. The van der Waals surface area contributed by atoms with Gasteiger partial charge in [0, 0.05) is 30.6 Å². The monoisotopic (exact) mass is 429 g/mol. The highest BCUT2D eigenvalue weighted by Gasteiger charge is 2.39. The van der Waals surface area contributed by atoms with Gasteiger partial charge in [-0.1, -0.05) is 38.4 Å². The topological polar surface area (TPSA) is 47.4 Å². The van der Waals surface area contributed by atoms with E-state index in [1.807, 2.05) is 55.4 Å². The SMILES string of the molecule is CN(C)c1nc(=O)n(-c2cccc(O[Si](C)(C)C(C)(C)C)c2)c2cc(Cl)ccc12. The minimum Gasteiger partial charge on any atom is -0.543 e. The summed E-state index contributed by atoms with van der Waals surface area (Å²) < 4.78 is 8.02. The van der Waals surface area contributed by atoms with Crippen LogP contribution in [0.3, 0.4) is 0 Å². The van der Waals surface area contributed by atoms with Gasteiger partial charge in [0.25, 0.3) is 0 Å². The summed E-state index contributed by atoms with van der Waals surface area (Å²) in [7, 11) is 1.74. The predicted octanol–water partition coefficient (Wildman–Crippen LogP) is 5.49. The Morgan fingerprint density at radius 2 is 1.79 bits per heavy atom. The molecule has 1 heterocycles. The van der Waals surface area contributed by atoms with Crippen LogP contribution in [0.25, 0.3) is 16.6 Å². The van der Waals surface area contributed by atoms with Gasteiger partial charge in [-0.3, -0.25) is 4.57 Å². The van der Waals surface area contributed by atoms with Crippen LogP contribution in [-0.2, 0) is 0 Å². The second kappa shape index (κ2) is 7.50. The first kappa shape index (κ1) is 21.4. The Balaban J connectivity index is 2.20. The summed E-state index contributed by atoms with van der Waals surface area (Å²) in [5.41, 5.74) is 1.06. The molecule has 3 aromatic rings. The minimum absolute atomic E-state index is 0.0784. The Labute approximate surface area is 178 Å². The van der Waals surface area contributed by atoms with Crippen LogP contribution in [0, 0.1) is 0 Å². The highest BCUT2D eigenvalue weighted by molar-refractivity contribution is 6.74. The van der Waals surface area contributed by atoms with Gasteiger partial charge in [0.15, 0.2) is 0 Å². The molecule has 0 N–H and O–H groups in total. The van der Waals surface area contributed by atoms with Gasteiger partial charge >= 0.3 is 5.69 Å². The molecule has 0 spiro atoms. The number of halogens is 1. The van der Waals surface area contributed by atoms with Gasteiger partial charge in [-0.2, -0.15) is 4.98 Å². The van der Waals surface area contributed by atoms with Gasteiger partial charge in [0.05, 0.1) is 11.2 Å². The van der Waals surface area contributed by atoms with Crippen LogP contribution in [-0.4, -0.2) is 32.0 Å². The van der Waals surface area contributed by atoms with Gasteiger partial charge in [0.2, 0.25) is 8.32 Å². The average molecular weight is 430 g/mol. The Hall–Kier alpha value is -2.31. The van der Waals surface area contributed by atoms with Crippen molar-refractivity contribution in [2.75, 3.05) is 19.0 Å². The number of hydrogen-bond acceptors (Lipinski definition) is 4. The fourth-order valence-electron chi connectivity index (χ4n) is 2.91. The fraction of sp³-hybridized carbons (Fsp3) is 0.364. The standard InChI is InChI=1S/C22H28ClN3O2Si/c1-22(2,3)29(6,7)28-17-10-8-9-16(14-17)26-19-13-15(23)11-12-18(19)20(25(4)5)24-21(26)27/h8-14H,1-7H3. The highest BCUT2D eigenvalue weighted by atomic mass is 35.5. The van der Waals surface area contributed by atoms with E-state index in [9.17, 15) is 4.79 Å². The summed E-state index contributed by atoms with van der Waals surface area (Å²) in [5, 5.41) is 1.50. The lowest BCUT2D eigenvalue weighted by molar-refractivity contribution is 0.492. The number of rotatable bonds is 4. The van der Waals surface area contributed by atoms with Crippen LogP contribution in [0.4, 0.5) is 5.82 Å². The molecule has 0 aliphatic heterocycles. The van der Waals surface area contributed by atoms with Crippen molar-refractivity contribution in [2.45, 2.75) is 38.9 Å². The largest absolute Gasteiger partial charge is 0.543 e. The van der Waals surface area contributed by atoms with Crippen LogP contribution < -0.4 is 15.0 Å². The smallest absolute Gasteiger partial charge is 0.354 e. The Morgan fingerprint density at radius 3 is 2.41 bits per heavy atom. The third-order valence-corrected chi connectivity index (χ3v) is 10.1. The summed E-state index contributed by atoms with van der Waals surface area (Å²) >= 11 is 6.26. The molecule has 0 radical (unpaired) electrons. The van der Waals surface area contributed by atoms with Crippen molar-refractivity contribution < 1.29 is 4.43 Å². The van der Waals surface area contributed by atoms with Crippen LogP contribution in [0.1, 0.15) is 20.8 Å². The van der Waals surface area contributed by atoms with Gasteiger partial charge in [0.1, 0.15) is 11.6 Å². The molecule has 7 heteroatoms. The van der Waals surface area contributed by atoms with E-state index in [2.05, 4.69) is 38.8 Å². The number of fused-ring (bicyclic) bond motifs is 1. The molecule has 0 amide bonds. The zero-order valence-corrected chi connectivity index (χ0v) is 19.8. The molecule has 0 saturated carbocycles. The van der Waals surface area contributed by atoms with E-state index in [0.29, 0.717) is 22.0 Å². The maximum absolute atomic E-state index is 13.0. The van der Waals surface area contributed by atoms with Crippen molar-refractivity contribution in [1.29, 1.82) is 0 Å². The molecule has 1 aromatic heterocycles. The lowest BCUT2D eigenvalue weighted by Crippen LogP contribution is -2.43. The second-order valence-corrected chi connectivity index (χ2v) is 14.1. The van der Waals surface area contributed by atoms with Gasteiger partial charge in [-0.15, -0.1) is 0 Å². The second-order valence-electron chi connectivity index (χ2n) is 8.97. The molecule has 0 fully saturated rings. The first-order chi connectivity index (χ1) is 13.4. The van der Waals surface area contributed by atoms with Gasteiger partial charge in [-0.05, 0) is 48.5 Å². The fourth-order valence-corrected chi connectivity index (χ4v) is 4.10. The summed E-state index contributed by atoms with van der Waals surface area (Å²) in [5.74, 6) is 1.37. The molecule has 3 rings (SSSR count). The van der Waals surface area contributed by atoms with Gasteiger partial charge < -0.3 is 9.33 Å². The molecule has 0 saturated heterocycles. The maximum Gasteiger partial charge on any atom is 0.354 e. The molecule has 0 aliphatic rings. The van der Waals surface area contributed by atoms with Gasteiger partial charge in [-0.25, -0.2) is 4.79 Å². The number of anilines is 1. The molecule has 29 heavy (non-hydrogen) atoms. The molecular formula is C22H28ClN3O2Si. The summed E-state index contributed by atoms with van der Waals surface area (Å²) in [4.78, 5) is 19.1. The third-order valence-electron chi connectivity index (χ3n) is 5.51. The zero-order valence-electron chi connectivity index (χ0n) is 18.1. The number of nitrogens with zero attached hydrogens (tertiary/aromatic N) is 3. The van der Waals surface area contributed by atoms with Crippen molar-refractivity contribution in [3.63, 3.8) is 0 Å². The van der Waals surface area contributed by atoms with Crippen LogP contribution >= 0.6 is 11.6 Å². The highest BCUT2D eigenvalue weighted by Crippen LogP contribution is 2.37. The lowest BCUT2D eigenvalue weighted by Gasteiger charge is -2.36. The minimum atomic E-state index is -2.00. The number of hydrogen-bond donors (Lipinski definition) is 0. The molecule has 0 aliphatic carbocycles. The Morgan fingerprint density at radius 1 is 1.10 bits per heavy atom. The molecular weight excluding hydrogens is 402 g/mol. The Kier molecular flexibility index (Phi) is 5.53. The molecule has 0 bridgehead atoms. The van der Waals surface area contributed by atoms with Crippen LogP contribution in [0.2, 0.25) is 23.2 Å². The van der Waals surface area contributed by atoms with Crippen molar-refractivity contribution in [1.82, 2.24) is 9.55 Å². The first-order valence-corrected chi connectivity index (χ1v) is 12.9. The molecule has 0 atom stereocenters. The third kappa shape index (κ3) is 4.18. The summed E-state index contributed by atoms with van der Waals surface area (Å²) in [6, 6.07) is 13.1. The Bertz CT molecular complexity index is 1120. The van der Waals surface area contributed by atoms with E-state index in [1.165, 1.54) is 0 Å². The van der Waals surface area contributed by atoms with Crippen molar-refractivity contribution in [2.24, 2.45) is 0 Å². The predicted molar refractivity (Wildman–Crippen MR) is 125 cm³/mol.